The van der Waals surface area contributed by atoms with Gasteiger partial charge in [0.15, 0.2) is 5.76 Å². The summed E-state index contributed by atoms with van der Waals surface area (Å²) in [6, 6.07) is 15.8. The molecule has 0 bridgehead atoms. The fourth-order valence-electron chi connectivity index (χ4n) is 1.63. The van der Waals surface area contributed by atoms with Crippen LogP contribution in [0.2, 0.25) is 0 Å². The molecule has 3 rings (SSSR count). The van der Waals surface area contributed by atoms with Gasteiger partial charge in [-0.1, -0.05) is 35.5 Å². The monoisotopic (exact) mass is 210 g/mol. The predicted molar refractivity (Wildman–Crippen MR) is 61.7 cm³/mol. The Morgan fingerprint density at radius 2 is 1.88 bits per heavy atom. The summed E-state index contributed by atoms with van der Waals surface area (Å²) in [5, 5.41) is 4.03. The summed E-state index contributed by atoms with van der Waals surface area (Å²) in [5.41, 5.74) is 2.82. The van der Waals surface area contributed by atoms with E-state index in [1.54, 1.807) is 0 Å². The van der Waals surface area contributed by atoms with E-state index in [1.807, 2.05) is 54.7 Å². The first-order valence-corrected chi connectivity index (χ1v) is 5.09. The normalized spacial score (nSPS) is 10.5. The highest BCUT2D eigenvalue weighted by Gasteiger charge is 2.07. The molecule has 0 spiro atoms. The lowest BCUT2D eigenvalue weighted by Gasteiger charge is -1.91. The van der Waals surface area contributed by atoms with Gasteiger partial charge >= 0.3 is 0 Å². The Balaban J connectivity index is 2.00. The molecule has 0 aliphatic heterocycles. The first kappa shape index (κ1) is 8.97. The number of rotatable bonds is 2. The summed E-state index contributed by atoms with van der Waals surface area (Å²) >= 11 is 0. The maximum absolute atomic E-state index is 5.30. The number of aromatic nitrogens is 2. The van der Waals surface area contributed by atoms with E-state index in [1.165, 1.54) is 0 Å². The third kappa shape index (κ3) is 1.52. The van der Waals surface area contributed by atoms with Crippen LogP contribution in [0.4, 0.5) is 0 Å². The Bertz CT molecular complexity index is 567. The smallest absolute Gasteiger partial charge is 0.167 e. The molecule has 0 saturated heterocycles. The Hall–Kier alpha value is -2.29. The number of hydrogen-bond acceptors (Lipinski definition) is 2. The zero-order valence-corrected chi connectivity index (χ0v) is 8.55. The van der Waals surface area contributed by atoms with E-state index in [9.17, 15) is 0 Å². The van der Waals surface area contributed by atoms with E-state index in [0.29, 0.717) is 0 Å². The van der Waals surface area contributed by atoms with Gasteiger partial charge in [-0.15, -0.1) is 0 Å². The molecule has 0 atom stereocenters. The van der Waals surface area contributed by atoms with Gasteiger partial charge in [0.25, 0.3) is 0 Å². The topological polar surface area (TPSA) is 41.8 Å². The van der Waals surface area contributed by atoms with Gasteiger partial charge in [-0.25, -0.2) is 0 Å². The second-order valence-electron chi connectivity index (χ2n) is 3.53. The number of hydrogen-bond donors (Lipinski definition) is 1. The zero-order chi connectivity index (χ0) is 10.8. The SMILES string of the molecule is c1ccc(-c2cc(-c3ccc[nH]3)no2)cc1. The van der Waals surface area contributed by atoms with Gasteiger partial charge in [0, 0.05) is 17.8 Å². The van der Waals surface area contributed by atoms with Gasteiger partial charge in [0.2, 0.25) is 0 Å². The van der Waals surface area contributed by atoms with Gasteiger partial charge in [-0.3, -0.25) is 0 Å². The van der Waals surface area contributed by atoms with Crippen molar-refractivity contribution in [1.29, 1.82) is 0 Å². The standard InChI is InChI=1S/C13H10N2O/c1-2-5-10(6-3-1)13-9-12(15-16-13)11-7-4-8-14-11/h1-9,14H. The van der Waals surface area contributed by atoms with E-state index < -0.39 is 0 Å². The highest BCUT2D eigenvalue weighted by molar-refractivity contribution is 5.64. The molecule has 3 nitrogen and oxygen atoms in total. The molecule has 0 radical (unpaired) electrons. The second kappa shape index (κ2) is 3.70. The summed E-state index contributed by atoms with van der Waals surface area (Å²) < 4.78 is 5.30. The third-order valence-electron chi connectivity index (χ3n) is 2.44. The van der Waals surface area contributed by atoms with Crippen molar-refractivity contribution in [2.75, 3.05) is 0 Å². The van der Waals surface area contributed by atoms with E-state index in [-0.39, 0.29) is 0 Å². The van der Waals surface area contributed by atoms with Crippen molar-refractivity contribution >= 4 is 0 Å². The highest BCUT2D eigenvalue weighted by atomic mass is 16.5. The molecule has 1 N–H and O–H groups in total. The van der Waals surface area contributed by atoms with Crippen molar-refractivity contribution in [1.82, 2.24) is 10.1 Å². The van der Waals surface area contributed by atoms with Gasteiger partial charge in [0.1, 0.15) is 5.69 Å². The summed E-state index contributed by atoms with van der Waals surface area (Å²) in [7, 11) is 0. The van der Waals surface area contributed by atoms with Crippen LogP contribution in [0.25, 0.3) is 22.7 Å². The van der Waals surface area contributed by atoms with Gasteiger partial charge in [-0.2, -0.15) is 0 Å². The molecule has 0 saturated carbocycles. The predicted octanol–water partition coefficient (Wildman–Crippen LogP) is 3.34. The van der Waals surface area contributed by atoms with E-state index >= 15 is 0 Å². The average molecular weight is 210 g/mol. The van der Waals surface area contributed by atoms with Crippen molar-refractivity contribution in [3.8, 4) is 22.7 Å². The van der Waals surface area contributed by atoms with Crippen molar-refractivity contribution in [3.05, 3.63) is 54.7 Å². The van der Waals surface area contributed by atoms with E-state index in [0.717, 1.165) is 22.7 Å². The van der Waals surface area contributed by atoms with Gasteiger partial charge in [0.05, 0.1) is 5.69 Å². The first-order chi connectivity index (χ1) is 7.93. The number of aromatic amines is 1. The Kier molecular flexibility index (Phi) is 2.07. The Morgan fingerprint density at radius 3 is 2.62 bits per heavy atom. The number of nitrogens with one attached hydrogen (secondary N) is 1. The summed E-state index contributed by atoms with van der Waals surface area (Å²) in [6.45, 7) is 0. The van der Waals surface area contributed by atoms with Gasteiger partial charge in [-0.05, 0) is 12.1 Å². The minimum Gasteiger partial charge on any atom is -0.360 e. The minimum atomic E-state index is 0.783. The van der Waals surface area contributed by atoms with Gasteiger partial charge < -0.3 is 9.51 Å². The maximum atomic E-state index is 5.30. The van der Waals surface area contributed by atoms with Crippen molar-refractivity contribution < 1.29 is 4.52 Å². The molecule has 0 amide bonds. The van der Waals surface area contributed by atoms with E-state index in [4.69, 9.17) is 4.52 Å². The third-order valence-corrected chi connectivity index (χ3v) is 2.44. The van der Waals surface area contributed by atoms with Crippen LogP contribution in [0.1, 0.15) is 0 Å². The number of benzene rings is 1. The molecule has 0 aliphatic rings. The summed E-state index contributed by atoms with van der Waals surface area (Å²) in [6.07, 6.45) is 1.87. The molecule has 0 aliphatic carbocycles. The maximum Gasteiger partial charge on any atom is 0.167 e. The van der Waals surface area contributed by atoms with Crippen LogP contribution in [0.5, 0.6) is 0 Å². The molecule has 1 aromatic carbocycles. The van der Waals surface area contributed by atoms with Crippen LogP contribution in [0.3, 0.4) is 0 Å². The Morgan fingerprint density at radius 1 is 1.00 bits per heavy atom. The molecule has 3 heteroatoms. The van der Waals surface area contributed by atoms with Crippen LogP contribution in [0.15, 0.2) is 59.3 Å². The fraction of sp³-hybridized carbons (Fsp3) is 0. The molecule has 3 aromatic rings. The van der Waals surface area contributed by atoms with Crippen LogP contribution < -0.4 is 0 Å². The van der Waals surface area contributed by atoms with Crippen LogP contribution >= 0.6 is 0 Å². The largest absolute Gasteiger partial charge is 0.360 e. The zero-order valence-electron chi connectivity index (χ0n) is 8.55. The highest BCUT2D eigenvalue weighted by Crippen LogP contribution is 2.24. The molecular formula is C13H10N2O. The molecule has 0 unspecified atom stereocenters. The molecule has 0 fully saturated rings. The lowest BCUT2D eigenvalue weighted by Crippen LogP contribution is -1.73. The minimum absolute atomic E-state index is 0.783. The van der Waals surface area contributed by atoms with Crippen molar-refractivity contribution in [3.63, 3.8) is 0 Å². The van der Waals surface area contributed by atoms with Crippen molar-refractivity contribution in [2.45, 2.75) is 0 Å². The molecule has 2 aromatic heterocycles. The van der Waals surface area contributed by atoms with Crippen molar-refractivity contribution in [2.24, 2.45) is 0 Å². The van der Waals surface area contributed by atoms with Crippen LogP contribution in [-0.4, -0.2) is 10.1 Å². The lowest BCUT2D eigenvalue weighted by molar-refractivity contribution is 0.434. The summed E-state index contributed by atoms with van der Waals surface area (Å²) in [4.78, 5) is 3.10. The van der Waals surface area contributed by atoms with Crippen LogP contribution in [-0.2, 0) is 0 Å². The molecule has 78 valence electrons. The summed E-state index contributed by atoms with van der Waals surface area (Å²) in [5.74, 6) is 0.783. The quantitative estimate of drug-likeness (QED) is 0.704. The second-order valence-corrected chi connectivity index (χ2v) is 3.53. The molecule has 16 heavy (non-hydrogen) atoms. The Labute approximate surface area is 92.7 Å². The molecule has 2 heterocycles. The molecular weight excluding hydrogens is 200 g/mol. The van der Waals surface area contributed by atoms with Crippen LogP contribution in [0, 0.1) is 0 Å². The number of nitrogens with zero attached hydrogens (tertiary/aromatic N) is 1. The number of H-pyrrole nitrogens is 1. The fourth-order valence-corrected chi connectivity index (χ4v) is 1.63. The lowest BCUT2D eigenvalue weighted by atomic mass is 10.1. The first-order valence-electron chi connectivity index (χ1n) is 5.09. The average Bonchev–Trinajstić information content (AvgIpc) is 3.01. The van der Waals surface area contributed by atoms with E-state index in [2.05, 4.69) is 10.1 Å².